The Kier molecular flexibility index (Phi) is 6.50. The molecule has 1 aliphatic rings. The van der Waals surface area contributed by atoms with Crippen LogP contribution in [0.1, 0.15) is 5.56 Å². The highest BCUT2D eigenvalue weighted by molar-refractivity contribution is 7.89. The van der Waals surface area contributed by atoms with Crippen molar-refractivity contribution in [2.45, 2.75) is 11.3 Å². The van der Waals surface area contributed by atoms with Gasteiger partial charge >= 0.3 is 0 Å². The summed E-state index contributed by atoms with van der Waals surface area (Å²) in [5, 5.41) is 0.174. The standard InChI is InChI=1S/C19H20Cl2N2O4S/c1-27-15-5-2-4-14(12-15)13-18(24)22-8-10-23(11-9-22)28(25,26)19-16(20)6-3-7-17(19)21/h2-7,12H,8-11,13H2,1H3. The number of sulfonamides is 1. The molecule has 28 heavy (non-hydrogen) atoms. The van der Waals surface area contributed by atoms with Crippen LogP contribution in [0.2, 0.25) is 10.0 Å². The average Bonchev–Trinajstić information content (AvgIpc) is 2.68. The zero-order valence-electron chi connectivity index (χ0n) is 15.3. The van der Waals surface area contributed by atoms with Crippen LogP contribution in [0.5, 0.6) is 5.75 Å². The van der Waals surface area contributed by atoms with Crippen molar-refractivity contribution in [3.05, 3.63) is 58.1 Å². The second kappa shape index (κ2) is 8.69. The first-order chi connectivity index (χ1) is 13.3. The molecule has 2 aromatic rings. The number of hydrogen-bond donors (Lipinski definition) is 0. The predicted molar refractivity (Wildman–Crippen MR) is 108 cm³/mol. The molecule has 1 heterocycles. The molecule has 3 rings (SSSR count). The van der Waals surface area contributed by atoms with E-state index in [0.717, 1.165) is 5.56 Å². The maximum absolute atomic E-state index is 12.9. The summed E-state index contributed by atoms with van der Waals surface area (Å²) >= 11 is 12.1. The molecule has 1 fully saturated rings. The SMILES string of the molecule is COc1cccc(CC(=O)N2CCN(S(=O)(=O)c3c(Cl)cccc3Cl)CC2)c1. The van der Waals surface area contributed by atoms with Gasteiger partial charge in [-0.25, -0.2) is 8.42 Å². The molecule has 0 spiro atoms. The largest absolute Gasteiger partial charge is 0.497 e. The molecule has 0 atom stereocenters. The fourth-order valence-corrected chi connectivity index (χ4v) is 5.62. The number of methoxy groups -OCH3 is 1. The van der Waals surface area contributed by atoms with E-state index in [2.05, 4.69) is 0 Å². The Balaban J connectivity index is 1.66. The molecule has 2 aromatic carbocycles. The van der Waals surface area contributed by atoms with Gasteiger partial charge in [0, 0.05) is 26.2 Å². The maximum atomic E-state index is 12.9. The van der Waals surface area contributed by atoms with Crippen molar-refractivity contribution in [2.24, 2.45) is 0 Å². The molecule has 1 amide bonds. The van der Waals surface area contributed by atoms with Crippen LogP contribution in [0.25, 0.3) is 0 Å². The number of amides is 1. The molecule has 0 unspecified atom stereocenters. The summed E-state index contributed by atoms with van der Waals surface area (Å²) < 4.78 is 32.3. The molecular formula is C19H20Cl2N2O4S. The Hall–Kier alpha value is -1.80. The third-order valence-corrected chi connectivity index (χ3v) is 7.45. The molecule has 0 radical (unpaired) electrons. The van der Waals surface area contributed by atoms with Crippen LogP contribution >= 0.6 is 23.2 Å². The van der Waals surface area contributed by atoms with Crippen molar-refractivity contribution in [2.75, 3.05) is 33.3 Å². The summed E-state index contributed by atoms with van der Waals surface area (Å²) in [6.45, 7) is 0.996. The van der Waals surface area contributed by atoms with Crippen molar-refractivity contribution in [3.8, 4) is 5.75 Å². The predicted octanol–water partition coefficient (Wildman–Crippen LogP) is 3.08. The van der Waals surface area contributed by atoms with E-state index in [1.54, 1.807) is 18.1 Å². The molecular weight excluding hydrogens is 423 g/mol. The number of rotatable bonds is 5. The first kappa shape index (κ1) is 20.9. The first-order valence-electron chi connectivity index (χ1n) is 8.68. The minimum Gasteiger partial charge on any atom is -0.497 e. The van der Waals surface area contributed by atoms with Crippen LogP contribution in [0.3, 0.4) is 0 Å². The second-order valence-electron chi connectivity index (χ2n) is 6.36. The number of carbonyl (C=O) groups excluding carboxylic acids is 1. The molecule has 150 valence electrons. The van der Waals surface area contributed by atoms with E-state index >= 15 is 0 Å². The number of carbonyl (C=O) groups is 1. The Morgan fingerprint density at radius 2 is 1.64 bits per heavy atom. The van der Waals surface area contributed by atoms with Crippen molar-refractivity contribution in [1.29, 1.82) is 0 Å². The molecule has 1 aliphatic heterocycles. The van der Waals surface area contributed by atoms with E-state index in [-0.39, 0.29) is 40.4 Å². The van der Waals surface area contributed by atoms with Gasteiger partial charge in [-0.2, -0.15) is 4.31 Å². The van der Waals surface area contributed by atoms with Crippen molar-refractivity contribution in [3.63, 3.8) is 0 Å². The number of halogens is 2. The number of ether oxygens (including phenoxy) is 1. The Bertz CT molecular complexity index is 953. The van der Waals surface area contributed by atoms with Crippen molar-refractivity contribution >= 4 is 39.1 Å². The summed E-state index contributed by atoms with van der Waals surface area (Å²) in [6, 6.07) is 11.9. The molecule has 0 aromatic heterocycles. The molecule has 0 bridgehead atoms. The third-order valence-electron chi connectivity index (χ3n) is 4.60. The van der Waals surface area contributed by atoms with E-state index in [0.29, 0.717) is 18.8 Å². The van der Waals surface area contributed by atoms with Crippen LogP contribution in [-0.2, 0) is 21.2 Å². The van der Waals surface area contributed by atoms with Crippen LogP contribution in [-0.4, -0.2) is 56.8 Å². The van der Waals surface area contributed by atoms with Gasteiger partial charge in [0.05, 0.1) is 23.6 Å². The van der Waals surface area contributed by atoms with Gasteiger partial charge in [-0.1, -0.05) is 41.4 Å². The average molecular weight is 443 g/mol. The molecule has 1 saturated heterocycles. The summed E-state index contributed by atoms with van der Waals surface area (Å²) in [7, 11) is -2.25. The van der Waals surface area contributed by atoms with Gasteiger partial charge in [0.2, 0.25) is 15.9 Å². The summed E-state index contributed by atoms with van der Waals surface area (Å²) in [6.07, 6.45) is 0.236. The number of piperazine rings is 1. The molecule has 0 N–H and O–H groups in total. The van der Waals surface area contributed by atoms with Crippen LogP contribution in [0.15, 0.2) is 47.4 Å². The van der Waals surface area contributed by atoms with Crippen LogP contribution < -0.4 is 4.74 Å². The zero-order valence-corrected chi connectivity index (χ0v) is 17.6. The molecule has 9 heteroatoms. The summed E-state index contributed by atoms with van der Waals surface area (Å²) in [5.41, 5.74) is 0.849. The topological polar surface area (TPSA) is 66.9 Å². The monoisotopic (exact) mass is 442 g/mol. The fraction of sp³-hybridized carbons (Fsp3) is 0.316. The summed E-state index contributed by atoms with van der Waals surface area (Å²) in [5.74, 6) is 0.638. The normalized spacial score (nSPS) is 15.5. The highest BCUT2D eigenvalue weighted by Crippen LogP contribution is 2.31. The van der Waals surface area contributed by atoms with E-state index in [1.807, 2.05) is 24.3 Å². The minimum absolute atomic E-state index is 0.0546. The Labute approximate surface area is 174 Å². The van der Waals surface area contributed by atoms with Crippen LogP contribution in [0.4, 0.5) is 0 Å². The number of nitrogens with zero attached hydrogens (tertiary/aromatic N) is 2. The zero-order chi connectivity index (χ0) is 20.3. The van der Waals surface area contributed by atoms with Crippen molar-refractivity contribution in [1.82, 2.24) is 9.21 Å². The highest BCUT2D eigenvalue weighted by atomic mass is 35.5. The van der Waals surface area contributed by atoms with Gasteiger partial charge < -0.3 is 9.64 Å². The van der Waals surface area contributed by atoms with Gasteiger partial charge in [0.1, 0.15) is 10.6 Å². The lowest BCUT2D eigenvalue weighted by atomic mass is 10.1. The number of benzene rings is 2. The molecule has 0 saturated carbocycles. The Morgan fingerprint density at radius 3 is 2.25 bits per heavy atom. The fourth-order valence-electron chi connectivity index (χ4n) is 3.10. The third kappa shape index (κ3) is 4.43. The Morgan fingerprint density at radius 1 is 1.04 bits per heavy atom. The minimum atomic E-state index is -3.83. The summed E-state index contributed by atoms with van der Waals surface area (Å²) in [4.78, 5) is 14.2. The molecule has 6 nitrogen and oxygen atoms in total. The van der Waals surface area contributed by atoms with E-state index in [1.165, 1.54) is 16.4 Å². The maximum Gasteiger partial charge on any atom is 0.246 e. The van der Waals surface area contributed by atoms with Gasteiger partial charge in [0.15, 0.2) is 0 Å². The van der Waals surface area contributed by atoms with Gasteiger partial charge in [0.25, 0.3) is 0 Å². The number of hydrogen-bond acceptors (Lipinski definition) is 4. The van der Waals surface area contributed by atoms with Crippen LogP contribution in [0, 0.1) is 0 Å². The lowest BCUT2D eigenvalue weighted by Gasteiger charge is -2.34. The highest BCUT2D eigenvalue weighted by Gasteiger charge is 2.32. The van der Waals surface area contributed by atoms with Crippen molar-refractivity contribution < 1.29 is 17.9 Å². The first-order valence-corrected chi connectivity index (χ1v) is 10.9. The van der Waals surface area contributed by atoms with Gasteiger partial charge in [-0.15, -0.1) is 0 Å². The van der Waals surface area contributed by atoms with E-state index in [9.17, 15) is 13.2 Å². The second-order valence-corrected chi connectivity index (χ2v) is 9.05. The van der Waals surface area contributed by atoms with E-state index < -0.39 is 10.0 Å². The molecule has 0 aliphatic carbocycles. The lowest BCUT2D eigenvalue weighted by molar-refractivity contribution is -0.131. The van der Waals surface area contributed by atoms with Gasteiger partial charge in [-0.3, -0.25) is 4.79 Å². The van der Waals surface area contributed by atoms with E-state index in [4.69, 9.17) is 27.9 Å². The smallest absolute Gasteiger partial charge is 0.246 e. The lowest BCUT2D eigenvalue weighted by Crippen LogP contribution is -2.50. The van der Waals surface area contributed by atoms with Gasteiger partial charge in [-0.05, 0) is 29.8 Å². The quantitative estimate of drug-likeness (QED) is 0.713.